The Hall–Kier alpha value is -1.74. The zero-order valence-electron chi connectivity index (χ0n) is 10.1. The van der Waals surface area contributed by atoms with Crippen molar-refractivity contribution in [1.29, 1.82) is 0 Å². The maximum atomic E-state index is 4.62. The molecule has 0 aliphatic carbocycles. The predicted octanol–water partition coefficient (Wildman–Crippen LogP) is 3.97. The monoisotopic (exact) mass is 254 g/mol. The van der Waals surface area contributed by atoms with Crippen LogP contribution in [0.1, 0.15) is 11.1 Å². The van der Waals surface area contributed by atoms with E-state index in [9.17, 15) is 0 Å². The number of aromatic nitrogens is 2. The maximum absolute atomic E-state index is 4.62. The van der Waals surface area contributed by atoms with Gasteiger partial charge in [-0.15, -0.1) is 0 Å². The molecule has 0 aliphatic heterocycles. The topological polar surface area (TPSA) is 28.7 Å². The number of hydrogen-bond donors (Lipinski definition) is 2. The van der Waals surface area contributed by atoms with Gasteiger partial charge in [0.05, 0.1) is 11.0 Å². The Morgan fingerprint density at radius 3 is 2.83 bits per heavy atom. The highest BCUT2D eigenvalue weighted by molar-refractivity contribution is 7.79. The highest BCUT2D eigenvalue weighted by Gasteiger charge is 2.05. The summed E-state index contributed by atoms with van der Waals surface area (Å²) in [6, 6.07) is 14.6. The summed E-state index contributed by atoms with van der Waals surface area (Å²) in [5, 5.41) is 0. The highest BCUT2D eigenvalue weighted by Crippen LogP contribution is 2.22. The first-order valence-electron chi connectivity index (χ1n) is 5.93. The number of imidazole rings is 1. The third-order valence-electron chi connectivity index (χ3n) is 3.02. The lowest BCUT2D eigenvalue weighted by molar-refractivity contribution is 1.32. The van der Waals surface area contributed by atoms with Gasteiger partial charge in [-0.1, -0.05) is 29.8 Å². The van der Waals surface area contributed by atoms with Crippen LogP contribution < -0.4 is 0 Å². The SMILES string of the molecule is Cc1cccc(-c2nc3ccc(CS)cc3[nH]2)c1. The van der Waals surface area contributed by atoms with Crippen molar-refractivity contribution in [3.05, 3.63) is 53.6 Å². The molecule has 2 aromatic carbocycles. The van der Waals surface area contributed by atoms with E-state index in [4.69, 9.17) is 0 Å². The van der Waals surface area contributed by atoms with Gasteiger partial charge in [0.15, 0.2) is 0 Å². The smallest absolute Gasteiger partial charge is 0.138 e. The van der Waals surface area contributed by atoms with Crippen molar-refractivity contribution in [3.8, 4) is 11.4 Å². The van der Waals surface area contributed by atoms with Crippen LogP contribution in [0.15, 0.2) is 42.5 Å². The van der Waals surface area contributed by atoms with Crippen molar-refractivity contribution in [2.75, 3.05) is 0 Å². The molecule has 0 amide bonds. The minimum atomic E-state index is 0.745. The lowest BCUT2D eigenvalue weighted by Gasteiger charge is -1.97. The Kier molecular flexibility index (Phi) is 2.84. The lowest BCUT2D eigenvalue weighted by atomic mass is 10.1. The molecule has 3 aromatic rings. The summed E-state index contributed by atoms with van der Waals surface area (Å²) < 4.78 is 0. The highest BCUT2D eigenvalue weighted by atomic mass is 32.1. The molecule has 3 heteroatoms. The first-order valence-corrected chi connectivity index (χ1v) is 6.56. The van der Waals surface area contributed by atoms with Crippen LogP contribution in [0.4, 0.5) is 0 Å². The molecule has 0 unspecified atom stereocenters. The van der Waals surface area contributed by atoms with E-state index in [-0.39, 0.29) is 0 Å². The summed E-state index contributed by atoms with van der Waals surface area (Å²) in [6.45, 7) is 2.09. The Balaban J connectivity index is 2.13. The van der Waals surface area contributed by atoms with E-state index < -0.39 is 0 Å². The summed E-state index contributed by atoms with van der Waals surface area (Å²) in [6.07, 6.45) is 0. The number of H-pyrrole nitrogens is 1. The second-order valence-corrected chi connectivity index (χ2v) is 4.78. The van der Waals surface area contributed by atoms with Gasteiger partial charge in [0, 0.05) is 11.3 Å². The second kappa shape index (κ2) is 4.50. The molecule has 0 bridgehead atoms. The van der Waals surface area contributed by atoms with Crippen LogP contribution in [-0.2, 0) is 5.75 Å². The number of thiol groups is 1. The van der Waals surface area contributed by atoms with Crippen LogP contribution in [0.5, 0.6) is 0 Å². The minimum absolute atomic E-state index is 0.745. The molecule has 18 heavy (non-hydrogen) atoms. The van der Waals surface area contributed by atoms with Crippen LogP contribution in [0.25, 0.3) is 22.4 Å². The number of aryl methyl sites for hydroxylation is 1. The number of rotatable bonds is 2. The fourth-order valence-electron chi connectivity index (χ4n) is 2.08. The quantitative estimate of drug-likeness (QED) is 0.666. The molecule has 1 aromatic heterocycles. The van der Waals surface area contributed by atoms with Gasteiger partial charge >= 0.3 is 0 Å². The van der Waals surface area contributed by atoms with E-state index in [0.717, 1.165) is 28.2 Å². The molecule has 0 saturated heterocycles. The molecule has 0 fully saturated rings. The van der Waals surface area contributed by atoms with Gasteiger partial charge < -0.3 is 4.98 Å². The van der Waals surface area contributed by atoms with Crippen molar-refractivity contribution >= 4 is 23.7 Å². The number of nitrogens with one attached hydrogen (secondary N) is 1. The van der Waals surface area contributed by atoms with Gasteiger partial charge in [-0.2, -0.15) is 12.6 Å². The number of nitrogens with zero attached hydrogens (tertiary/aromatic N) is 1. The average molecular weight is 254 g/mol. The first-order chi connectivity index (χ1) is 8.76. The van der Waals surface area contributed by atoms with E-state index in [1.54, 1.807) is 0 Å². The third-order valence-corrected chi connectivity index (χ3v) is 3.39. The largest absolute Gasteiger partial charge is 0.338 e. The molecule has 0 aliphatic rings. The fourth-order valence-corrected chi connectivity index (χ4v) is 2.28. The first kappa shape index (κ1) is 11.4. The molecular weight excluding hydrogens is 240 g/mol. The maximum Gasteiger partial charge on any atom is 0.138 e. The molecule has 1 heterocycles. The van der Waals surface area contributed by atoms with Gasteiger partial charge in [-0.05, 0) is 30.7 Å². The van der Waals surface area contributed by atoms with E-state index >= 15 is 0 Å². The van der Waals surface area contributed by atoms with Gasteiger partial charge in [-0.3, -0.25) is 0 Å². The molecule has 0 radical (unpaired) electrons. The number of aromatic amines is 1. The van der Waals surface area contributed by atoms with Gasteiger partial charge in [-0.25, -0.2) is 4.98 Å². The molecule has 2 nitrogen and oxygen atoms in total. The fraction of sp³-hybridized carbons (Fsp3) is 0.133. The number of fused-ring (bicyclic) bond motifs is 1. The van der Waals surface area contributed by atoms with Gasteiger partial charge in [0.2, 0.25) is 0 Å². The number of benzene rings is 2. The average Bonchev–Trinajstić information content (AvgIpc) is 2.81. The molecule has 0 spiro atoms. The normalized spacial score (nSPS) is 11.0. The van der Waals surface area contributed by atoms with Crippen LogP contribution in [0, 0.1) is 6.92 Å². The minimum Gasteiger partial charge on any atom is -0.338 e. The summed E-state index contributed by atoms with van der Waals surface area (Å²) >= 11 is 4.29. The lowest BCUT2D eigenvalue weighted by Crippen LogP contribution is -1.80. The summed E-state index contributed by atoms with van der Waals surface area (Å²) in [7, 11) is 0. The summed E-state index contributed by atoms with van der Waals surface area (Å²) in [4.78, 5) is 7.99. The van der Waals surface area contributed by atoms with Crippen LogP contribution >= 0.6 is 12.6 Å². The molecular formula is C15H14N2S. The van der Waals surface area contributed by atoms with Gasteiger partial charge in [0.25, 0.3) is 0 Å². The van der Waals surface area contributed by atoms with Crippen molar-refractivity contribution in [2.24, 2.45) is 0 Å². The van der Waals surface area contributed by atoms with Crippen LogP contribution in [0.2, 0.25) is 0 Å². The Morgan fingerprint density at radius 2 is 2.06 bits per heavy atom. The molecule has 0 atom stereocenters. The van der Waals surface area contributed by atoms with Crippen molar-refractivity contribution in [2.45, 2.75) is 12.7 Å². The van der Waals surface area contributed by atoms with Crippen LogP contribution in [-0.4, -0.2) is 9.97 Å². The Morgan fingerprint density at radius 1 is 1.17 bits per heavy atom. The molecule has 3 rings (SSSR count). The van der Waals surface area contributed by atoms with E-state index in [2.05, 4.69) is 65.9 Å². The van der Waals surface area contributed by atoms with Crippen LogP contribution in [0.3, 0.4) is 0 Å². The van der Waals surface area contributed by atoms with E-state index in [1.165, 1.54) is 11.1 Å². The predicted molar refractivity (Wildman–Crippen MR) is 79.0 cm³/mol. The second-order valence-electron chi connectivity index (χ2n) is 4.46. The molecule has 0 saturated carbocycles. The van der Waals surface area contributed by atoms with Crippen molar-refractivity contribution in [1.82, 2.24) is 9.97 Å². The standard InChI is InChI=1S/C15H14N2S/c1-10-3-2-4-12(7-10)15-16-13-6-5-11(9-18)8-14(13)17-15/h2-8,18H,9H2,1H3,(H,16,17). The summed E-state index contributed by atoms with van der Waals surface area (Å²) in [5.41, 5.74) is 5.63. The zero-order valence-corrected chi connectivity index (χ0v) is 11.0. The van der Waals surface area contributed by atoms with E-state index in [1.807, 2.05) is 6.07 Å². The summed E-state index contributed by atoms with van der Waals surface area (Å²) in [5.74, 6) is 1.67. The van der Waals surface area contributed by atoms with Crippen molar-refractivity contribution < 1.29 is 0 Å². The Labute approximate surface area is 111 Å². The molecule has 1 N–H and O–H groups in total. The third kappa shape index (κ3) is 2.02. The van der Waals surface area contributed by atoms with E-state index in [0.29, 0.717) is 0 Å². The van der Waals surface area contributed by atoms with Crippen molar-refractivity contribution in [3.63, 3.8) is 0 Å². The zero-order chi connectivity index (χ0) is 12.5. The van der Waals surface area contributed by atoms with Gasteiger partial charge in [0.1, 0.15) is 5.82 Å². The molecule has 90 valence electrons. The number of hydrogen-bond acceptors (Lipinski definition) is 2. The Bertz CT molecular complexity index is 701.